The zero-order chi connectivity index (χ0) is 20.5. The Morgan fingerprint density at radius 3 is 2.34 bits per heavy atom. The van der Waals surface area contributed by atoms with Gasteiger partial charge in [0.15, 0.2) is 0 Å². The van der Waals surface area contributed by atoms with Gasteiger partial charge in [-0.2, -0.15) is 5.26 Å². The summed E-state index contributed by atoms with van der Waals surface area (Å²) in [5.74, 6) is 1.20. The molecule has 0 aromatic heterocycles. The fourth-order valence-electron chi connectivity index (χ4n) is 4.67. The lowest BCUT2D eigenvalue weighted by Crippen LogP contribution is -2.29. The number of carbonyl (C=O) groups excluding carboxylic acids is 1. The number of aryl methyl sites for hydroxylation is 1. The topological polar surface area (TPSA) is 50.1 Å². The summed E-state index contributed by atoms with van der Waals surface area (Å²) in [7, 11) is 0. The molecule has 0 unspecified atom stereocenters. The number of esters is 1. The lowest BCUT2D eigenvalue weighted by molar-refractivity contribution is -0.157. The van der Waals surface area contributed by atoms with Crippen molar-refractivity contribution in [1.29, 1.82) is 5.26 Å². The molecule has 29 heavy (non-hydrogen) atoms. The minimum atomic E-state index is 0.0209. The Balaban J connectivity index is 1.39. The quantitative estimate of drug-likeness (QED) is 0.327. The summed E-state index contributed by atoms with van der Waals surface area (Å²) in [6, 6.07) is 11.0. The Kier molecular flexibility index (Phi) is 8.11. The van der Waals surface area contributed by atoms with Gasteiger partial charge in [0.05, 0.1) is 12.0 Å². The summed E-state index contributed by atoms with van der Waals surface area (Å²) in [6.07, 6.45) is 16.6. The molecule has 3 heteroatoms. The summed E-state index contributed by atoms with van der Waals surface area (Å²) in [6.45, 7) is 2.19. The number of benzene rings is 1. The van der Waals surface area contributed by atoms with Gasteiger partial charge in [0, 0.05) is 6.08 Å². The maximum absolute atomic E-state index is 12.6. The van der Waals surface area contributed by atoms with Gasteiger partial charge in [0.1, 0.15) is 6.10 Å². The molecule has 3 rings (SSSR count). The average Bonchev–Trinajstić information content (AvgIpc) is 2.78. The Hall–Kier alpha value is -2.34. The highest BCUT2D eigenvalue weighted by Crippen LogP contribution is 2.36. The molecule has 0 saturated heterocycles. The molecule has 2 aliphatic rings. The van der Waals surface area contributed by atoms with Crippen LogP contribution in [0.4, 0.5) is 0 Å². The molecule has 0 amide bonds. The maximum Gasteiger partial charge on any atom is 0.309 e. The molecule has 3 nitrogen and oxygen atoms in total. The van der Waals surface area contributed by atoms with E-state index in [1.54, 1.807) is 6.08 Å². The molecule has 0 spiro atoms. The molecular formula is C26H33NO2. The van der Waals surface area contributed by atoms with Crippen LogP contribution < -0.4 is 0 Å². The molecular weight excluding hydrogens is 358 g/mol. The van der Waals surface area contributed by atoms with E-state index in [4.69, 9.17) is 10.00 Å². The summed E-state index contributed by atoms with van der Waals surface area (Å²) < 4.78 is 5.90. The summed E-state index contributed by atoms with van der Waals surface area (Å²) in [5, 5.41) is 8.50. The Labute approximate surface area is 175 Å². The molecule has 0 bridgehead atoms. The first-order valence-electron chi connectivity index (χ1n) is 11.2. The number of ether oxygens (including phenoxy) is 1. The number of carbonyl (C=O) groups is 1. The van der Waals surface area contributed by atoms with E-state index in [2.05, 4.69) is 37.3 Å². The van der Waals surface area contributed by atoms with Gasteiger partial charge < -0.3 is 4.74 Å². The average molecular weight is 392 g/mol. The first kappa shape index (κ1) is 21.4. The van der Waals surface area contributed by atoms with Gasteiger partial charge in [-0.05, 0) is 80.8 Å². The molecule has 0 heterocycles. The fraction of sp³-hybridized carbons (Fsp3) is 0.538. The molecule has 1 aromatic rings. The largest absolute Gasteiger partial charge is 0.462 e. The monoisotopic (exact) mass is 391 g/mol. The second-order valence-electron chi connectivity index (χ2n) is 8.49. The van der Waals surface area contributed by atoms with Crippen molar-refractivity contribution in [3.8, 4) is 6.07 Å². The first-order valence-corrected chi connectivity index (χ1v) is 11.2. The number of rotatable bonds is 6. The normalized spacial score (nSPS) is 27.7. The number of hydrogen-bond acceptors (Lipinski definition) is 3. The van der Waals surface area contributed by atoms with Crippen LogP contribution in [-0.4, -0.2) is 12.1 Å². The van der Waals surface area contributed by atoms with Crippen LogP contribution in [0, 0.1) is 23.2 Å². The third kappa shape index (κ3) is 6.32. The minimum Gasteiger partial charge on any atom is -0.462 e. The Morgan fingerprint density at radius 2 is 1.72 bits per heavy atom. The van der Waals surface area contributed by atoms with Crippen LogP contribution in [-0.2, 0) is 16.0 Å². The molecule has 0 N–H and O–H groups in total. The predicted octanol–water partition coefficient (Wildman–Crippen LogP) is 6.26. The van der Waals surface area contributed by atoms with Crippen molar-refractivity contribution in [2.75, 3.05) is 0 Å². The maximum atomic E-state index is 12.6. The van der Waals surface area contributed by atoms with Crippen LogP contribution in [0.25, 0.3) is 0 Å². The van der Waals surface area contributed by atoms with Gasteiger partial charge in [-0.1, -0.05) is 49.4 Å². The van der Waals surface area contributed by atoms with E-state index < -0.39 is 0 Å². The van der Waals surface area contributed by atoms with Gasteiger partial charge in [-0.25, -0.2) is 0 Å². The smallest absolute Gasteiger partial charge is 0.309 e. The number of nitrogens with zero attached hydrogens (tertiary/aromatic N) is 1. The van der Waals surface area contributed by atoms with E-state index in [0.717, 1.165) is 57.8 Å². The second kappa shape index (κ2) is 11.0. The Bertz CT molecular complexity index is 740. The predicted molar refractivity (Wildman–Crippen MR) is 116 cm³/mol. The second-order valence-corrected chi connectivity index (χ2v) is 8.49. The van der Waals surface area contributed by atoms with Crippen LogP contribution in [0.5, 0.6) is 0 Å². The van der Waals surface area contributed by atoms with Crippen molar-refractivity contribution in [3.05, 3.63) is 59.7 Å². The van der Waals surface area contributed by atoms with Crippen LogP contribution in [0.3, 0.4) is 0 Å². The Morgan fingerprint density at radius 1 is 1.03 bits per heavy atom. The minimum absolute atomic E-state index is 0.0209. The highest BCUT2D eigenvalue weighted by Gasteiger charge is 2.30. The number of nitriles is 1. The zero-order valence-corrected chi connectivity index (χ0v) is 17.6. The van der Waals surface area contributed by atoms with E-state index in [-0.39, 0.29) is 18.0 Å². The molecule has 154 valence electrons. The molecule has 0 atom stereocenters. The summed E-state index contributed by atoms with van der Waals surface area (Å²) >= 11 is 0. The van der Waals surface area contributed by atoms with Crippen molar-refractivity contribution in [2.45, 2.75) is 76.7 Å². The van der Waals surface area contributed by atoms with Crippen molar-refractivity contribution >= 4 is 5.97 Å². The number of hydrogen-bond donors (Lipinski definition) is 0. The van der Waals surface area contributed by atoms with Gasteiger partial charge in [0.25, 0.3) is 0 Å². The van der Waals surface area contributed by atoms with Crippen molar-refractivity contribution in [2.24, 2.45) is 11.8 Å². The molecule has 2 fully saturated rings. The third-order valence-electron chi connectivity index (χ3n) is 6.59. The SMILES string of the molecule is CCc1ccc([C@H]2CC[C@H](OC(=O)[C@H]3CC[C@H](C=CC=CC#N)CC3)CC2)cc1. The fourth-order valence-corrected chi connectivity index (χ4v) is 4.67. The lowest BCUT2D eigenvalue weighted by atomic mass is 9.81. The number of allylic oxidation sites excluding steroid dienone is 4. The van der Waals surface area contributed by atoms with E-state index in [1.807, 2.05) is 12.1 Å². The third-order valence-corrected chi connectivity index (χ3v) is 6.59. The molecule has 0 aliphatic heterocycles. The highest BCUT2D eigenvalue weighted by molar-refractivity contribution is 5.72. The first-order chi connectivity index (χ1) is 14.2. The van der Waals surface area contributed by atoms with Gasteiger partial charge >= 0.3 is 5.97 Å². The van der Waals surface area contributed by atoms with Crippen LogP contribution in [0.15, 0.2) is 48.6 Å². The van der Waals surface area contributed by atoms with Gasteiger partial charge in [-0.15, -0.1) is 0 Å². The van der Waals surface area contributed by atoms with Gasteiger partial charge in [-0.3, -0.25) is 4.79 Å². The van der Waals surface area contributed by atoms with Gasteiger partial charge in [0.2, 0.25) is 0 Å². The van der Waals surface area contributed by atoms with Crippen molar-refractivity contribution < 1.29 is 9.53 Å². The van der Waals surface area contributed by atoms with Crippen LogP contribution in [0.2, 0.25) is 0 Å². The summed E-state index contributed by atoms with van der Waals surface area (Å²) in [4.78, 5) is 12.6. The molecule has 2 aliphatic carbocycles. The van der Waals surface area contributed by atoms with Crippen molar-refractivity contribution in [3.63, 3.8) is 0 Å². The molecule has 0 radical (unpaired) electrons. The van der Waals surface area contributed by atoms with E-state index in [0.29, 0.717) is 11.8 Å². The van der Waals surface area contributed by atoms with E-state index >= 15 is 0 Å². The lowest BCUT2D eigenvalue weighted by Gasteiger charge is -2.31. The molecule has 2 saturated carbocycles. The van der Waals surface area contributed by atoms with E-state index in [9.17, 15) is 4.79 Å². The van der Waals surface area contributed by atoms with Crippen LogP contribution >= 0.6 is 0 Å². The standard InChI is InChI=1S/C26H33NO2/c1-2-20-7-11-22(12-8-20)23-15-17-25(18-16-23)29-26(28)24-13-9-21(10-14-24)6-4-3-5-19-27/h3-8,11-12,21,23-25H,2,9-10,13-18H2,1H3/t21-,23-,24-,25-. The zero-order valence-electron chi connectivity index (χ0n) is 17.6. The highest BCUT2D eigenvalue weighted by atomic mass is 16.5. The van der Waals surface area contributed by atoms with Crippen LogP contribution in [0.1, 0.15) is 75.3 Å². The summed E-state index contributed by atoms with van der Waals surface area (Å²) in [5.41, 5.74) is 2.82. The van der Waals surface area contributed by atoms with E-state index in [1.165, 1.54) is 17.2 Å². The molecule has 1 aromatic carbocycles. The van der Waals surface area contributed by atoms with Crippen molar-refractivity contribution in [1.82, 2.24) is 0 Å².